The van der Waals surface area contributed by atoms with E-state index < -0.39 is 9.84 Å². The molecule has 0 saturated carbocycles. The minimum Gasteiger partial charge on any atom is -0.336 e. The number of aromatic nitrogens is 2. The van der Waals surface area contributed by atoms with Gasteiger partial charge in [-0.3, -0.25) is 9.69 Å². The molecule has 8 heteroatoms. The van der Waals surface area contributed by atoms with E-state index >= 15 is 0 Å². The molecule has 0 bridgehead atoms. The average Bonchev–Trinajstić information content (AvgIpc) is 3.15. The van der Waals surface area contributed by atoms with Crippen molar-refractivity contribution in [2.75, 3.05) is 31.1 Å². The number of piperazine rings is 1. The van der Waals surface area contributed by atoms with Crippen molar-refractivity contribution in [2.45, 2.75) is 51.7 Å². The summed E-state index contributed by atoms with van der Waals surface area (Å²) in [6, 6.07) is -0.228. The van der Waals surface area contributed by atoms with Crippen LogP contribution in [0.3, 0.4) is 0 Å². The van der Waals surface area contributed by atoms with Crippen LogP contribution in [-0.2, 0) is 27.6 Å². The van der Waals surface area contributed by atoms with E-state index in [4.69, 9.17) is 0 Å². The molecule has 0 unspecified atom stereocenters. The molecule has 0 aliphatic carbocycles. The van der Waals surface area contributed by atoms with E-state index in [2.05, 4.69) is 16.8 Å². The lowest BCUT2D eigenvalue weighted by molar-refractivity contribution is -0.137. The molecule has 140 valence electrons. The van der Waals surface area contributed by atoms with Gasteiger partial charge >= 0.3 is 0 Å². The Balaban J connectivity index is 1.68. The maximum atomic E-state index is 12.8. The van der Waals surface area contributed by atoms with Gasteiger partial charge in [0, 0.05) is 50.9 Å². The van der Waals surface area contributed by atoms with Crippen LogP contribution in [0, 0.1) is 0 Å². The normalized spacial score (nSPS) is 25.9. The van der Waals surface area contributed by atoms with Gasteiger partial charge in [0.25, 0.3) is 0 Å². The summed E-state index contributed by atoms with van der Waals surface area (Å²) in [5.74, 6) is 1.32. The topological polar surface area (TPSA) is 75.5 Å². The zero-order valence-electron chi connectivity index (χ0n) is 15.1. The van der Waals surface area contributed by atoms with Crippen LogP contribution in [0.15, 0.2) is 12.4 Å². The Hall–Kier alpha value is -1.41. The second kappa shape index (κ2) is 7.45. The van der Waals surface area contributed by atoms with Crippen molar-refractivity contribution in [2.24, 2.45) is 0 Å². The summed E-state index contributed by atoms with van der Waals surface area (Å²) in [7, 11) is -3.07. The van der Waals surface area contributed by atoms with Crippen LogP contribution >= 0.6 is 0 Å². The first-order valence-corrected chi connectivity index (χ1v) is 11.0. The third-order valence-electron chi connectivity index (χ3n) is 5.31. The summed E-state index contributed by atoms with van der Waals surface area (Å²) in [6.07, 6.45) is 5.87. The second-order valence-corrected chi connectivity index (χ2v) is 9.13. The van der Waals surface area contributed by atoms with Crippen LogP contribution in [0.4, 0.5) is 0 Å². The van der Waals surface area contributed by atoms with E-state index in [0.717, 1.165) is 31.8 Å². The number of hydrogen-bond donors (Lipinski definition) is 0. The predicted molar refractivity (Wildman–Crippen MR) is 96.0 cm³/mol. The molecule has 1 amide bonds. The molecule has 0 radical (unpaired) electrons. The highest BCUT2D eigenvalue weighted by atomic mass is 32.2. The Labute approximate surface area is 149 Å². The highest BCUT2D eigenvalue weighted by Gasteiger charge is 2.47. The minimum absolute atomic E-state index is 0.0397. The van der Waals surface area contributed by atoms with Crippen LogP contribution in [-0.4, -0.2) is 76.9 Å². The van der Waals surface area contributed by atoms with E-state index in [1.165, 1.54) is 0 Å². The van der Waals surface area contributed by atoms with E-state index in [0.29, 0.717) is 19.5 Å². The van der Waals surface area contributed by atoms with E-state index in [-0.39, 0.29) is 29.5 Å². The first-order valence-electron chi connectivity index (χ1n) is 9.19. The SMILES string of the molecule is CCCN1CCN(C(=O)CCn2ccnc2CC)[C@H]2CS(=O)(=O)C[C@H]21. The van der Waals surface area contributed by atoms with Gasteiger partial charge in [0.15, 0.2) is 9.84 Å². The summed E-state index contributed by atoms with van der Waals surface area (Å²) in [5, 5.41) is 0. The fourth-order valence-corrected chi connectivity index (χ4v) is 6.13. The number of rotatable bonds is 6. The van der Waals surface area contributed by atoms with Crippen molar-refractivity contribution >= 4 is 15.7 Å². The van der Waals surface area contributed by atoms with Crippen LogP contribution in [0.5, 0.6) is 0 Å². The third kappa shape index (κ3) is 3.89. The predicted octanol–water partition coefficient (Wildman–Crippen LogP) is 0.555. The standard InChI is InChI=1S/C17H28N4O3S/c1-3-7-19-10-11-21(15-13-25(23,24)12-14(15)19)17(22)5-8-20-9-6-18-16(20)4-2/h6,9,14-15H,3-5,7-8,10-13H2,1-2H3/t14-,15+/m1/s1. The lowest BCUT2D eigenvalue weighted by atomic mass is 10.0. The molecule has 25 heavy (non-hydrogen) atoms. The van der Waals surface area contributed by atoms with Gasteiger partial charge < -0.3 is 9.47 Å². The van der Waals surface area contributed by atoms with Crippen molar-refractivity contribution < 1.29 is 13.2 Å². The largest absolute Gasteiger partial charge is 0.336 e. The molecule has 2 atom stereocenters. The van der Waals surface area contributed by atoms with Crippen LogP contribution in [0.25, 0.3) is 0 Å². The molecule has 1 aromatic rings. The molecule has 1 aromatic heterocycles. The van der Waals surface area contributed by atoms with Crippen LogP contribution in [0.1, 0.15) is 32.5 Å². The number of fused-ring (bicyclic) bond motifs is 1. The number of carbonyl (C=O) groups is 1. The summed E-state index contributed by atoms with van der Waals surface area (Å²) in [6.45, 7) is 7.03. The molecule has 2 aliphatic heterocycles. The molecule has 2 fully saturated rings. The number of sulfone groups is 1. The van der Waals surface area contributed by atoms with Crippen molar-refractivity contribution in [3.63, 3.8) is 0 Å². The number of amides is 1. The monoisotopic (exact) mass is 368 g/mol. The minimum atomic E-state index is -3.07. The maximum Gasteiger partial charge on any atom is 0.224 e. The summed E-state index contributed by atoms with van der Waals surface area (Å²) >= 11 is 0. The van der Waals surface area contributed by atoms with Gasteiger partial charge in [-0.1, -0.05) is 13.8 Å². The van der Waals surface area contributed by atoms with Crippen molar-refractivity contribution in [1.82, 2.24) is 19.4 Å². The third-order valence-corrected chi connectivity index (χ3v) is 7.01. The van der Waals surface area contributed by atoms with Gasteiger partial charge in [0.05, 0.1) is 17.5 Å². The molecule has 3 heterocycles. The van der Waals surface area contributed by atoms with Crippen LogP contribution in [0.2, 0.25) is 0 Å². The smallest absolute Gasteiger partial charge is 0.224 e. The Morgan fingerprint density at radius 1 is 1.20 bits per heavy atom. The summed E-state index contributed by atoms with van der Waals surface area (Å²) in [4.78, 5) is 21.1. The van der Waals surface area contributed by atoms with E-state index in [1.807, 2.05) is 22.6 Å². The van der Waals surface area contributed by atoms with E-state index in [9.17, 15) is 13.2 Å². The van der Waals surface area contributed by atoms with Gasteiger partial charge in [-0.05, 0) is 13.0 Å². The van der Waals surface area contributed by atoms with Crippen molar-refractivity contribution in [3.05, 3.63) is 18.2 Å². The molecule has 0 spiro atoms. The highest BCUT2D eigenvalue weighted by molar-refractivity contribution is 7.91. The van der Waals surface area contributed by atoms with Gasteiger partial charge in [-0.2, -0.15) is 0 Å². The molecule has 2 saturated heterocycles. The molecule has 0 N–H and O–H groups in total. The fourth-order valence-electron chi connectivity index (χ4n) is 4.12. The summed E-state index contributed by atoms with van der Waals surface area (Å²) < 4.78 is 26.3. The quantitative estimate of drug-likeness (QED) is 0.733. The Morgan fingerprint density at radius 2 is 1.96 bits per heavy atom. The second-order valence-electron chi connectivity index (χ2n) is 6.98. The number of nitrogens with zero attached hydrogens (tertiary/aromatic N) is 4. The number of carbonyl (C=O) groups excluding carboxylic acids is 1. The fraction of sp³-hybridized carbons (Fsp3) is 0.765. The van der Waals surface area contributed by atoms with E-state index in [1.54, 1.807) is 6.20 Å². The molecular weight excluding hydrogens is 340 g/mol. The molecule has 2 aliphatic rings. The Morgan fingerprint density at radius 3 is 2.68 bits per heavy atom. The van der Waals surface area contributed by atoms with Gasteiger partial charge in [-0.25, -0.2) is 13.4 Å². The highest BCUT2D eigenvalue weighted by Crippen LogP contribution is 2.27. The van der Waals surface area contributed by atoms with Crippen molar-refractivity contribution in [1.29, 1.82) is 0 Å². The Bertz CT molecular complexity index is 715. The van der Waals surface area contributed by atoms with Gasteiger partial charge in [0.1, 0.15) is 5.82 Å². The number of imidazole rings is 1. The van der Waals surface area contributed by atoms with Gasteiger partial charge in [0.2, 0.25) is 5.91 Å². The molecule has 0 aromatic carbocycles. The van der Waals surface area contributed by atoms with Crippen molar-refractivity contribution in [3.8, 4) is 0 Å². The Kier molecular flexibility index (Phi) is 5.48. The molecular formula is C17H28N4O3S. The van der Waals surface area contributed by atoms with Crippen LogP contribution < -0.4 is 0 Å². The maximum absolute atomic E-state index is 12.8. The number of hydrogen-bond acceptors (Lipinski definition) is 5. The molecule has 7 nitrogen and oxygen atoms in total. The first-order chi connectivity index (χ1) is 11.9. The lowest BCUT2D eigenvalue weighted by Gasteiger charge is -2.44. The number of aryl methyl sites for hydroxylation is 2. The molecule has 3 rings (SSSR count). The zero-order valence-corrected chi connectivity index (χ0v) is 15.9. The first kappa shape index (κ1) is 18.4. The summed E-state index contributed by atoms with van der Waals surface area (Å²) in [5.41, 5.74) is 0. The van der Waals surface area contributed by atoms with Gasteiger partial charge in [-0.15, -0.1) is 0 Å². The zero-order chi connectivity index (χ0) is 18.0. The average molecular weight is 369 g/mol. The lowest BCUT2D eigenvalue weighted by Crippen LogP contribution is -2.60.